The van der Waals surface area contributed by atoms with Crippen LogP contribution in [0.4, 0.5) is 10.1 Å². The smallest absolute Gasteiger partial charge is 0.153 e. The molecule has 0 aliphatic rings. The van der Waals surface area contributed by atoms with Crippen LogP contribution in [0.1, 0.15) is 27.9 Å². The summed E-state index contributed by atoms with van der Waals surface area (Å²) in [6.07, 6.45) is 0. The lowest BCUT2D eigenvalue weighted by Crippen LogP contribution is -2.36. The van der Waals surface area contributed by atoms with Crippen LogP contribution in [0.15, 0.2) is 97.1 Å². The largest absolute Gasteiger partial charge is 0.381 e. The zero-order valence-electron chi connectivity index (χ0n) is 21.2. The lowest BCUT2D eigenvalue weighted by atomic mass is 9.87. The summed E-state index contributed by atoms with van der Waals surface area (Å²) in [5.74, 6) is -0.346. The Balaban J connectivity index is 1.64. The van der Waals surface area contributed by atoms with Gasteiger partial charge in [-0.1, -0.05) is 65.3 Å². The summed E-state index contributed by atoms with van der Waals surface area (Å²) >= 11 is 6.18. The van der Waals surface area contributed by atoms with Gasteiger partial charge in [0.1, 0.15) is 11.5 Å². The Morgan fingerprint density at radius 3 is 2.29 bits per heavy atom. The van der Waals surface area contributed by atoms with Crippen molar-refractivity contribution in [2.45, 2.75) is 26.0 Å². The first-order chi connectivity index (χ1) is 18.3. The van der Waals surface area contributed by atoms with Crippen LogP contribution in [0.25, 0.3) is 11.3 Å². The van der Waals surface area contributed by atoms with Crippen molar-refractivity contribution in [1.29, 1.82) is 0 Å². The SMILES string of the molecule is Cc1ccc(NCC(O)(c2ccc(Cl)cc2)c2nnn(Cc3ccccc3)c2-c2ccc(F)cc2)cc1C. The summed E-state index contributed by atoms with van der Waals surface area (Å²) in [5.41, 5.74) is 4.91. The summed E-state index contributed by atoms with van der Waals surface area (Å²) in [6.45, 7) is 4.66. The van der Waals surface area contributed by atoms with Gasteiger partial charge in [0, 0.05) is 16.3 Å². The van der Waals surface area contributed by atoms with Gasteiger partial charge in [-0.05, 0) is 84.6 Å². The number of aryl methyl sites for hydroxylation is 2. The van der Waals surface area contributed by atoms with Gasteiger partial charge in [0.2, 0.25) is 0 Å². The number of benzene rings is 4. The molecule has 1 heterocycles. The summed E-state index contributed by atoms with van der Waals surface area (Å²) in [7, 11) is 0. The second kappa shape index (κ2) is 10.8. The zero-order chi connectivity index (χ0) is 26.7. The van der Waals surface area contributed by atoms with Crippen molar-refractivity contribution in [3.05, 3.63) is 136 Å². The molecule has 5 aromatic rings. The van der Waals surface area contributed by atoms with Crippen LogP contribution in [-0.4, -0.2) is 26.6 Å². The third-order valence-corrected chi connectivity index (χ3v) is 7.05. The van der Waals surface area contributed by atoms with Gasteiger partial charge in [0.15, 0.2) is 5.60 Å². The average Bonchev–Trinajstić information content (AvgIpc) is 3.34. The van der Waals surface area contributed by atoms with Crippen molar-refractivity contribution in [3.8, 4) is 11.3 Å². The number of aromatic nitrogens is 3. The fraction of sp³-hybridized carbons (Fsp3) is 0.161. The third-order valence-electron chi connectivity index (χ3n) is 6.80. The normalized spacial score (nSPS) is 12.8. The molecular formula is C31H28ClFN4O. The number of aliphatic hydroxyl groups is 1. The molecule has 1 atom stereocenters. The molecule has 0 bridgehead atoms. The van der Waals surface area contributed by atoms with Crippen molar-refractivity contribution >= 4 is 17.3 Å². The number of anilines is 1. The molecule has 0 aliphatic carbocycles. The molecule has 0 saturated carbocycles. The summed E-state index contributed by atoms with van der Waals surface area (Å²) in [5, 5.41) is 25.3. The molecule has 38 heavy (non-hydrogen) atoms. The Kier molecular flexibility index (Phi) is 7.27. The summed E-state index contributed by atoms with van der Waals surface area (Å²) < 4.78 is 15.6. The second-order valence-electron chi connectivity index (χ2n) is 9.46. The Hall–Kier alpha value is -4.00. The average molecular weight is 527 g/mol. The van der Waals surface area contributed by atoms with Crippen LogP contribution < -0.4 is 5.32 Å². The van der Waals surface area contributed by atoms with Gasteiger partial charge in [-0.25, -0.2) is 9.07 Å². The number of halogens is 2. The van der Waals surface area contributed by atoms with Gasteiger partial charge in [0.25, 0.3) is 0 Å². The van der Waals surface area contributed by atoms with Crippen molar-refractivity contribution in [1.82, 2.24) is 15.0 Å². The van der Waals surface area contributed by atoms with Crippen LogP contribution in [0.2, 0.25) is 5.02 Å². The van der Waals surface area contributed by atoms with Gasteiger partial charge < -0.3 is 10.4 Å². The van der Waals surface area contributed by atoms with Gasteiger partial charge in [0.05, 0.1) is 18.8 Å². The van der Waals surface area contributed by atoms with Gasteiger partial charge >= 0.3 is 0 Å². The molecule has 1 aromatic heterocycles. The minimum Gasteiger partial charge on any atom is -0.381 e. The molecular weight excluding hydrogens is 499 g/mol. The minimum absolute atomic E-state index is 0.120. The number of hydrogen-bond donors (Lipinski definition) is 2. The summed E-state index contributed by atoms with van der Waals surface area (Å²) in [4.78, 5) is 0. The maximum absolute atomic E-state index is 13.9. The maximum atomic E-state index is 13.9. The van der Waals surface area contributed by atoms with E-state index in [1.54, 1.807) is 41.1 Å². The lowest BCUT2D eigenvalue weighted by molar-refractivity contribution is 0.0907. The highest BCUT2D eigenvalue weighted by molar-refractivity contribution is 6.30. The minimum atomic E-state index is -1.58. The highest BCUT2D eigenvalue weighted by Gasteiger charge is 2.38. The molecule has 4 aromatic carbocycles. The van der Waals surface area contributed by atoms with E-state index in [2.05, 4.69) is 22.6 Å². The van der Waals surface area contributed by atoms with E-state index in [1.807, 2.05) is 55.5 Å². The first-order valence-electron chi connectivity index (χ1n) is 12.4. The zero-order valence-corrected chi connectivity index (χ0v) is 22.0. The molecule has 0 saturated heterocycles. The van der Waals surface area contributed by atoms with Crippen molar-refractivity contribution < 1.29 is 9.50 Å². The molecule has 0 fully saturated rings. The first-order valence-corrected chi connectivity index (χ1v) is 12.7. The van der Waals surface area contributed by atoms with E-state index in [0.29, 0.717) is 34.1 Å². The van der Waals surface area contributed by atoms with Crippen LogP contribution in [0.5, 0.6) is 0 Å². The van der Waals surface area contributed by atoms with Crippen molar-refractivity contribution in [2.75, 3.05) is 11.9 Å². The van der Waals surface area contributed by atoms with Crippen molar-refractivity contribution in [3.63, 3.8) is 0 Å². The number of nitrogens with zero attached hydrogens (tertiary/aromatic N) is 3. The first kappa shape index (κ1) is 25.6. The molecule has 7 heteroatoms. The predicted octanol–water partition coefficient (Wildman–Crippen LogP) is 6.75. The fourth-order valence-electron chi connectivity index (χ4n) is 4.48. The molecule has 1 unspecified atom stereocenters. The van der Waals surface area contributed by atoms with E-state index in [9.17, 15) is 9.50 Å². The molecule has 0 aliphatic heterocycles. The van der Waals surface area contributed by atoms with Gasteiger partial charge in [-0.15, -0.1) is 5.10 Å². The maximum Gasteiger partial charge on any atom is 0.153 e. The van der Waals surface area contributed by atoms with E-state index < -0.39 is 5.60 Å². The van der Waals surface area contributed by atoms with Crippen LogP contribution >= 0.6 is 11.6 Å². The summed E-state index contributed by atoms with van der Waals surface area (Å²) in [6, 6.07) is 29.2. The Labute approximate surface area is 226 Å². The molecule has 5 nitrogen and oxygen atoms in total. The third kappa shape index (κ3) is 5.32. The number of rotatable bonds is 8. The van der Waals surface area contributed by atoms with Crippen LogP contribution in [-0.2, 0) is 12.1 Å². The highest BCUT2D eigenvalue weighted by Crippen LogP contribution is 2.37. The van der Waals surface area contributed by atoms with Crippen molar-refractivity contribution in [2.24, 2.45) is 0 Å². The molecule has 0 amide bonds. The van der Waals surface area contributed by atoms with E-state index in [1.165, 1.54) is 17.7 Å². The van der Waals surface area contributed by atoms with Crippen LogP contribution in [0, 0.1) is 19.7 Å². The van der Waals surface area contributed by atoms with Gasteiger partial charge in [-0.2, -0.15) is 0 Å². The van der Waals surface area contributed by atoms with E-state index in [-0.39, 0.29) is 12.4 Å². The predicted molar refractivity (Wildman–Crippen MR) is 150 cm³/mol. The Morgan fingerprint density at radius 2 is 1.61 bits per heavy atom. The topological polar surface area (TPSA) is 63.0 Å². The lowest BCUT2D eigenvalue weighted by Gasteiger charge is -2.29. The van der Waals surface area contributed by atoms with E-state index in [4.69, 9.17) is 11.6 Å². The molecule has 192 valence electrons. The van der Waals surface area contributed by atoms with E-state index >= 15 is 0 Å². The number of nitrogens with one attached hydrogen (secondary N) is 1. The second-order valence-corrected chi connectivity index (χ2v) is 9.89. The molecule has 2 N–H and O–H groups in total. The Bertz CT molecular complexity index is 1540. The monoisotopic (exact) mass is 526 g/mol. The molecule has 5 rings (SSSR count). The van der Waals surface area contributed by atoms with E-state index in [0.717, 1.165) is 16.8 Å². The van der Waals surface area contributed by atoms with Gasteiger partial charge in [-0.3, -0.25) is 0 Å². The number of hydrogen-bond acceptors (Lipinski definition) is 4. The highest BCUT2D eigenvalue weighted by atomic mass is 35.5. The fourth-order valence-corrected chi connectivity index (χ4v) is 4.61. The molecule has 0 radical (unpaired) electrons. The van der Waals surface area contributed by atoms with Crippen LogP contribution in [0.3, 0.4) is 0 Å². The standard InChI is InChI=1S/C31H28ClFN4O/c1-21-8-17-28(18-22(21)2)34-20-31(38,25-11-13-26(32)14-12-25)30-29(24-9-15-27(33)16-10-24)37(36-35-30)19-23-6-4-3-5-7-23/h3-18,34,38H,19-20H2,1-2H3. The Morgan fingerprint density at radius 1 is 0.895 bits per heavy atom. The molecule has 0 spiro atoms. The quantitative estimate of drug-likeness (QED) is 0.235.